The second kappa shape index (κ2) is 5.49. The molecule has 2 nitrogen and oxygen atoms in total. The van der Waals surface area contributed by atoms with E-state index in [4.69, 9.17) is 5.26 Å². The minimum absolute atomic E-state index is 0.225. The smallest absolute Gasteiger partial charge is 0.128 e. The molecule has 0 amide bonds. The first kappa shape index (κ1) is 13.0. The van der Waals surface area contributed by atoms with Crippen molar-refractivity contribution >= 4 is 5.69 Å². The van der Waals surface area contributed by atoms with Crippen LogP contribution in [0.2, 0.25) is 0 Å². The predicted octanol–water partition coefficient (Wildman–Crippen LogP) is 4.01. The normalized spacial score (nSPS) is 11.7. The van der Waals surface area contributed by atoms with Crippen LogP contribution in [-0.2, 0) is 0 Å². The van der Waals surface area contributed by atoms with Crippen molar-refractivity contribution < 1.29 is 8.78 Å². The molecule has 19 heavy (non-hydrogen) atoms. The molecule has 2 aromatic rings. The molecule has 0 heterocycles. The van der Waals surface area contributed by atoms with Crippen LogP contribution in [-0.4, -0.2) is 0 Å². The second-order valence-electron chi connectivity index (χ2n) is 4.23. The highest BCUT2D eigenvalue weighted by molar-refractivity contribution is 5.51. The average molecular weight is 258 g/mol. The molecule has 0 aromatic heterocycles. The molecule has 1 unspecified atom stereocenters. The SMILES string of the molecule is CC(Nc1cc(F)cc(C#N)c1)c1ccccc1F. The van der Waals surface area contributed by atoms with Gasteiger partial charge in [0.1, 0.15) is 11.6 Å². The molecule has 0 spiro atoms. The first-order chi connectivity index (χ1) is 9.10. The average Bonchev–Trinajstić information content (AvgIpc) is 2.38. The Morgan fingerprint density at radius 1 is 1.16 bits per heavy atom. The number of hydrogen-bond acceptors (Lipinski definition) is 2. The predicted molar refractivity (Wildman–Crippen MR) is 69.6 cm³/mol. The molecule has 0 saturated carbocycles. The molecular weight excluding hydrogens is 246 g/mol. The molecule has 0 fully saturated rings. The van der Waals surface area contributed by atoms with E-state index in [0.29, 0.717) is 11.3 Å². The maximum atomic E-state index is 13.6. The molecule has 0 bridgehead atoms. The summed E-state index contributed by atoms with van der Waals surface area (Å²) in [7, 11) is 0. The van der Waals surface area contributed by atoms with Crippen LogP contribution in [0.4, 0.5) is 14.5 Å². The minimum atomic E-state index is -0.498. The third-order valence-corrected chi connectivity index (χ3v) is 2.78. The van der Waals surface area contributed by atoms with Crippen LogP contribution in [0.1, 0.15) is 24.1 Å². The van der Waals surface area contributed by atoms with E-state index < -0.39 is 5.82 Å². The van der Waals surface area contributed by atoms with E-state index in [1.807, 2.05) is 6.07 Å². The van der Waals surface area contributed by atoms with Gasteiger partial charge in [-0.3, -0.25) is 0 Å². The van der Waals surface area contributed by atoms with E-state index in [-0.39, 0.29) is 17.4 Å². The fraction of sp³-hybridized carbons (Fsp3) is 0.133. The van der Waals surface area contributed by atoms with Crippen LogP contribution in [0.3, 0.4) is 0 Å². The number of nitrogens with zero attached hydrogens (tertiary/aromatic N) is 1. The molecular formula is C15H12F2N2. The largest absolute Gasteiger partial charge is 0.378 e. The fourth-order valence-corrected chi connectivity index (χ4v) is 1.89. The number of benzene rings is 2. The van der Waals surface area contributed by atoms with Crippen molar-refractivity contribution in [1.29, 1.82) is 5.26 Å². The van der Waals surface area contributed by atoms with Gasteiger partial charge in [0.2, 0.25) is 0 Å². The van der Waals surface area contributed by atoms with Gasteiger partial charge < -0.3 is 5.32 Å². The maximum Gasteiger partial charge on any atom is 0.128 e. The monoisotopic (exact) mass is 258 g/mol. The van der Waals surface area contributed by atoms with Gasteiger partial charge in [0.25, 0.3) is 0 Å². The van der Waals surface area contributed by atoms with Crippen LogP contribution < -0.4 is 5.32 Å². The summed E-state index contributed by atoms with van der Waals surface area (Å²) in [6.07, 6.45) is 0. The van der Waals surface area contributed by atoms with Gasteiger partial charge in [-0.15, -0.1) is 0 Å². The summed E-state index contributed by atoms with van der Waals surface area (Å²) < 4.78 is 26.9. The highest BCUT2D eigenvalue weighted by Crippen LogP contribution is 2.22. The summed E-state index contributed by atoms with van der Waals surface area (Å²) in [5.41, 5.74) is 1.17. The second-order valence-corrected chi connectivity index (χ2v) is 4.23. The number of rotatable bonds is 3. The Morgan fingerprint density at radius 2 is 1.89 bits per heavy atom. The lowest BCUT2D eigenvalue weighted by atomic mass is 10.1. The minimum Gasteiger partial charge on any atom is -0.378 e. The third kappa shape index (κ3) is 3.08. The van der Waals surface area contributed by atoms with Crippen molar-refractivity contribution in [2.75, 3.05) is 5.32 Å². The summed E-state index contributed by atoms with van der Waals surface area (Å²) in [6, 6.07) is 11.9. The molecule has 0 saturated heterocycles. The van der Waals surface area contributed by atoms with Crippen molar-refractivity contribution in [3.8, 4) is 6.07 Å². The van der Waals surface area contributed by atoms with Crippen LogP contribution in [0.15, 0.2) is 42.5 Å². The zero-order valence-corrected chi connectivity index (χ0v) is 10.3. The summed E-state index contributed by atoms with van der Waals surface area (Å²) in [6.45, 7) is 1.77. The van der Waals surface area contributed by atoms with Crippen LogP contribution in [0.5, 0.6) is 0 Å². The molecule has 0 aliphatic carbocycles. The quantitative estimate of drug-likeness (QED) is 0.902. The zero-order valence-electron chi connectivity index (χ0n) is 10.3. The van der Waals surface area contributed by atoms with E-state index >= 15 is 0 Å². The van der Waals surface area contributed by atoms with E-state index in [2.05, 4.69) is 5.32 Å². The Labute approximate surface area is 110 Å². The molecule has 1 atom stereocenters. The highest BCUT2D eigenvalue weighted by atomic mass is 19.1. The number of nitriles is 1. The van der Waals surface area contributed by atoms with Gasteiger partial charge in [-0.1, -0.05) is 18.2 Å². The van der Waals surface area contributed by atoms with E-state index in [1.54, 1.807) is 25.1 Å². The Hall–Kier alpha value is -2.41. The Balaban J connectivity index is 2.24. The van der Waals surface area contributed by atoms with Gasteiger partial charge in [-0.2, -0.15) is 5.26 Å². The van der Waals surface area contributed by atoms with E-state index in [9.17, 15) is 8.78 Å². The van der Waals surface area contributed by atoms with Crippen molar-refractivity contribution in [2.45, 2.75) is 13.0 Å². The van der Waals surface area contributed by atoms with Crippen LogP contribution in [0, 0.1) is 23.0 Å². The van der Waals surface area contributed by atoms with Gasteiger partial charge in [0.05, 0.1) is 17.7 Å². The Morgan fingerprint density at radius 3 is 2.58 bits per heavy atom. The van der Waals surface area contributed by atoms with E-state index in [0.717, 1.165) is 6.07 Å². The van der Waals surface area contributed by atoms with Crippen molar-refractivity contribution in [2.24, 2.45) is 0 Å². The molecule has 0 aliphatic rings. The van der Waals surface area contributed by atoms with E-state index in [1.165, 1.54) is 18.2 Å². The highest BCUT2D eigenvalue weighted by Gasteiger charge is 2.10. The molecule has 2 rings (SSSR count). The van der Waals surface area contributed by atoms with Gasteiger partial charge in [-0.05, 0) is 31.2 Å². The Bertz CT molecular complexity index is 632. The topological polar surface area (TPSA) is 35.8 Å². The summed E-state index contributed by atoms with van der Waals surface area (Å²) >= 11 is 0. The Kier molecular flexibility index (Phi) is 3.76. The number of nitrogens with one attached hydrogen (secondary N) is 1. The third-order valence-electron chi connectivity index (χ3n) is 2.78. The molecule has 0 radical (unpaired) electrons. The zero-order chi connectivity index (χ0) is 13.8. The first-order valence-electron chi connectivity index (χ1n) is 5.82. The lowest BCUT2D eigenvalue weighted by molar-refractivity contribution is 0.600. The van der Waals surface area contributed by atoms with Gasteiger partial charge >= 0.3 is 0 Å². The number of anilines is 1. The summed E-state index contributed by atoms with van der Waals surface area (Å²) in [5, 5.41) is 11.8. The van der Waals surface area contributed by atoms with Crippen LogP contribution in [0.25, 0.3) is 0 Å². The molecule has 0 aliphatic heterocycles. The summed E-state index contributed by atoms with van der Waals surface area (Å²) in [5.74, 6) is -0.818. The lowest BCUT2D eigenvalue weighted by Gasteiger charge is -2.16. The lowest BCUT2D eigenvalue weighted by Crippen LogP contribution is -2.08. The summed E-state index contributed by atoms with van der Waals surface area (Å²) in [4.78, 5) is 0. The molecule has 2 aromatic carbocycles. The maximum absolute atomic E-state index is 13.6. The number of halogens is 2. The standard InChI is InChI=1S/C15H12F2N2/c1-10(14-4-2-3-5-15(14)17)19-13-7-11(9-18)6-12(16)8-13/h2-8,10,19H,1H3. The van der Waals surface area contributed by atoms with Gasteiger partial charge in [0, 0.05) is 11.3 Å². The van der Waals surface area contributed by atoms with Crippen molar-refractivity contribution in [3.63, 3.8) is 0 Å². The van der Waals surface area contributed by atoms with Crippen molar-refractivity contribution in [3.05, 3.63) is 65.2 Å². The van der Waals surface area contributed by atoms with Crippen molar-refractivity contribution in [1.82, 2.24) is 0 Å². The van der Waals surface area contributed by atoms with Gasteiger partial charge in [-0.25, -0.2) is 8.78 Å². The molecule has 4 heteroatoms. The molecule has 96 valence electrons. The van der Waals surface area contributed by atoms with Crippen LogP contribution >= 0.6 is 0 Å². The fourth-order valence-electron chi connectivity index (χ4n) is 1.89. The number of hydrogen-bond donors (Lipinski definition) is 1. The first-order valence-corrected chi connectivity index (χ1v) is 5.82. The van der Waals surface area contributed by atoms with Gasteiger partial charge in [0.15, 0.2) is 0 Å². The molecule has 1 N–H and O–H groups in total.